The van der Waals surface area contributed by atoms with Gasteiger partial charge in [0.25, 0.3) is 0 Å². The first-order valence-electron chi connectivity index (χ1n) is 32.1. The SMILES string of the molecule is C.CCCCOc1cccc([C@H]2CCN(Cc3ccc(OC)cc3)[C@@H](C)[C@H]2C(=O)OCC)c1.CCOC(=O)/C=C(/C)NCc1ccc(OC)cc1.CCOC(=O)C1=C(C)N(Cc2ccc(OC)cc2)C=C[C@@H]1c1cccc(OCCOC)c1.COCCOc1cccc(I)c1. The molecule has 8 rings (SSSR count). The van der Waals surface area contributed by atoms with Crippen LogP contribution in [0.3, 0.4) is 0 Å². The molecule has 0 amide bonds. The van der Waals surface area contributed by atoms with Crippen LogP contribution in [-0.4, -0.2) is 129 Å². The number of rotatable bonds is 30. The van der Waals surface area contributed by atoms with E-state index in [9.17, 15) is 14.4 Å². The fraction of sp³-hybridized carbons (Fsp3) is 0.416. The van der Waals surface area contributed by atoms with E-state index in [0.29, 0.717) is 64.9 Å². The van der Waals surface area contributed by atoms with Gasteiger partial charge in [-0.05, 0) is 190 Å². The molecule has 2 aliphatic heterocycles. The van der Waals surface area contributed by atoms with Gasteiger partial charge in [-0.1, -0.05) is 93.6 Å². The number of esters is 3. The van der Waals surface area contributed by atoms with Crippen LogP contribution in [0.5, 0.6) is 34.5 Å². The summed E-state index contributed by atoms with van der Waals surface area (Å²) in [6.07, 6.45) is 8.57. The highest BCUT2D eigenvalue weighted by Crippen LogP contribution is 2.40. The molecule has 17 nitrogen and oxygen atoms in total. The summed E-state index contributed by atoms with van der Waals surface area (Å²) in [6.45, 7) is 20.7. The Balaban J connectivity index is 0.000000286. The summed E-state index contributed by atoms with van der Waals surface area (Å²) in [6, 6.07) is 47.9. The molecule has 1 fully saturated rings. The summed E-state index contributed by atoms with van der Waals surface area (Å²) in [5.41, 5.74) is 7.87. The minimum Gasteiger partial charge on any atom is -0.497 e. The van der Waals surface area contributed by atoms with Crippen molar-refractivity contribution in [2.24, 2.45) is 5.92 Å². The molecule has 0 aliphatic carbocycles. The van der Waals surface area contributed by atoms with Crippen LogP contribution in [0.4, 0.5) is 0 Å². The van der Waals surface area contributed by atoms with Crippen LogP contribution in [0.2, 0.25) is 0 Å². The molecule has 0 unspecified atom stereocenters. The highest BCUT2D eigenvalue weighted by Gasteiger charge is 2.42. The monoisotopic (exact) mass is 1420 g/mol. The van der Waals surface area contributed by atoms with E-state index >= 15 is 0 Å². The van der Waals surface area contributed by atoms with Gasteiger partial charge in [-0.3, -0.25) is 9.69 Å². The Morgan fingerprint density at radius 1 is 0.589 bits per heavy atom. The molecule has 18 heteroatoms. The minimum atomic E-state index is -0.322. The Labute approximate surface area is 579 Å². The number of ether oxygens (including phenoxy) is 11. The molecule has 0 aromatic heterocycles. The number of unbranched alkanes of at least 4 members (excludes halogenated alkanes) is 1. The second-order valence-corrected chi connectivity index (χ2v) is 23.3. The highest BCUT2D eigenvalue weighted by molar-refractivity contribution is 14.1. The lowest BCUT2D eigenvalue weighted by atomic mass is 9.76. The lowest BCUT2D eigenvalue weighted by Gasteiger charge is -2.43. The average Bonchev–Trinajstić information content (AvgIpc) is 0.804. The van der Waals surface area contributed by atoms with E-state index in [2.05, 4.69) is 75.8 Å². The molecule has 2 heterocycles. The zero-order valence-corrected chi connectivity index (χ0v) is 59.1. The van der Waals surface area contributed by atoms with Crippen molar-refractivity contribution in [1.29, 1.82) is 0 Å². The third-order valence-electron chi connectivity index (χ3n) is 15.5. The molecular weight excluding hydrogens is 1320 g/mol. The first-order chi connectivity index (χ1) is 45.6. The number of hydrogen-bond donors (Lipinski definition) is 1. The molecule has 0 spiro atoms. The second kappa shape index (κ2) is 44.6. The maximum Gasteiger partial charge on any atom is 0.336 e. The van der Waals surface area contributed by atoms with E-state index in [0.717, 1.165) is 107 Å². The van der Waals surface area contributed by atoms with Crippen LogP contribution in [-0.2, 0) is 57.7 Å². The van der Waals surface area contributed by atoms with Crippen LogP contribution in [0, 0.1) is 9.49 Å². The number of nitrogens with one attached hydrogen (secondary N) is 1. The lowest BCUT2D eigenvalue weighted by Crippen LogP contribution is -2.49. The number of nitrogens with zero attached hydrogens (tertiary/aromatic N) is 2. The minimum absolute atomic E-state index is 0. The molecule has 6 aromatic rings. The Hall–Kier alpha value is -8.04. The number of methoxy groups -OCH3 is 5. The van der Waals surface area contributed by atoms with Crippen molar-refractivity contribution in [3.8, 4) is 34.5 Å². The number of halogens is 1. The molecule has 4 atom stereocenters. The van der Waals surface area contributed by atoms with Crippen molar-refractivity contribution in [2.45, 2.75) is 113 Å². The summed E-state index contributed by atoms with van der Waals surface area (Å²) >= 11 is 2.26. The van der Waals surface area contributed by atoms with Crippen molar-refractivity contribution in [3.05, 3.63) is 212 Å². The third-order valence-corrected chi connectivity index (χ3v) is 16.2. The van der Waals surface area contributed by atoms with Crippen molar-refractivity contribution in [1.82, 2.24) is 15.1 Å². The highest BCUT2D eigenvalue weighted by atomic mass is 127. The Morgan fingerprint density at radius 3 is 1.62 bits per heavy atom. The number of likely N-dealkylation sites (tertiary alicyclic amines) is 1. The molecule has 516 valence electrons. The average molecular weight is 1420 g/mol. The maximum absolute atomic E-state index is 13.1. The van der Waals surface area contributed by atoms with Crippen molar-refractivity contribution >= 4 is 40.5 Å². The van der Waals surface area contributed by atoms with Crippen molar-refractivity contribution in [3.63, 3.8) is 0 Å². The lowest BCUT2D eigenvalue weighted by molar-refractivity contribution is -0.153. The molecule has 2 aliphatic rings. The Bertz CT molecular complexity index is 3280. The normalized spacial score (nSPS) is 15.7. The van der Waals surface area contributed by atoms with Gasteiger partial charge >= 0.3 is 17.9 Å². The summed E-state index contributed by atoms with van der Waals surface area (Å²) in [7, 11) is 8.27. The summed E-state index contributed by atoms with van der Waals surface area (Å²) < 4.78 is 59.6. The molecule has 0 bridgehead atoms. The number of benzene rings is 6. The van der Waals surface area contributed by atoms with E-state index in [-0.39, 0.29) is 49.1 Å². The maximum atomic E-state index is 13.1. The summed E-state index contributed by atoms with van der Waals surface area (Å²) in [5, 5.41) is 3.15. The van der Waals surface area contributed by atoms with Gasteiger partial charge in [0, 0.05) is 79.0 Å². The van der Waals surface area contributed by atoms with Crippen LogP contribution >= 0.6 is 22.6 Å². The number of hydrogen-bond acceptors (Lipinski definition) is 17. The largest absolute Gasteiger partial charge is 0.497 e. The Morgan fingerprint density at radius 2 is 1.09 bits per heavy atom. The zero-order chi connectivity index (χ0) is 68.0. The van der Waals surface area contributed by atoms with Gasteiger partial charge in [0.2, 0.25) is 0 Å². The van der Waals surface area contributed by atoms with Crippen molar-refractivity contribution in [2.75, 3.05) is 94.9 Å². The number of carbonyl (C=O) groups is 3. The van der Waals surface area contributed by atoms with Gasteiger partial charge < -0.3 is 62.3 Å². The molecule has 1 N–H and O–H groups in total. The standard InChI is InChI=1S/C27H37NO4.C26H31NO5.C14H19NO3.C9H11IO2.CH4/c1-5-7-17-32-24-10-8-9-22(18-24)25-15-16-28(20(3)26(25)27(29)31-6-2)19-21-11-13-23(30-4)14-12-21;1-5-31-26(28)25-19(2)27(18-20-9-11-22(30-4)12-10-20)14-13-24(25)21-7-6-8-23(17-21)32-16-15-29-3;1-4-18-14(16)9-11(2)15-10-12-5-7-13(17-3)8-6-12;1-11-5-6-12-9-4-2-3-8(10)7-9;/h8-14,18,20,25-26H,5-7,15-17,19H2,1-4H3;6-14,17,24H,5,15-16,18H2,1-4H3;5-9,15H,4,10H2,1-3H3;2-4,7H,5-6H2,1H3;1H4/b;;11-9-;;/t20-,25+,26+;24-;;;/m01.../s1. The smallest absolute Gasteiger partial charge is 0.336 e. The fourth-order valence-electron chi connectivity index (χ4n) is 10.5. The van der Waals surface area contributed by atoms with E-state index in [1.165, 1.54) is 15.2 Å². The number of allylic oxidation sites excluding steroid dienone is 3. The van der Waals surface area contributed by atoms with Gasteiger partial charge in [0.1, 0.15) is 47.7 Å². The molecule has 0 radical (unpaired) electrons. The van der Waals surface area contributed by atoms with Crippen molar-refractivity contribution < 1.29 is 66.5 Å². The molecular formula is C77H102IN3O14. The topological polar surface area (TPSA) is 171 Å². The quantitative estimate of drug-likeness (QED) is 0.0148. The van der Waals surface area contributed by atoms with Crippen LogP contribution in [0.25, 0.3) is 0 Å². The third kappa shape index (κ3) is 27.3. The van der Waals surface area contributed by atoms with E-state index in [4.69, 9.17) is 52.1 Å². The number of carbonyl (C=O) groups excluding carboxylic acids is 3. The van der Waals surface area contributed by atoms with Gasteiger partial charge in [-0.15, -0.1) is 0 Å². The van der Waals surface area contributed by atoms with Gasteiger partial charge in [0.15, 0.2) is 0 Å². The van der Waals surface area contributed by atoms with Crippen LogP contribution < -0.4 is 33.7 Å². The fourth-order valence-corrected chi connectivity index (χ4v) is 11.0. The molecule has 0 saturated carbocycles. The molecule has 95 heavy (non-hydrogen) atoms. The van der Waals surface area contributed by atoms with E-state index < -0.39 is 0 Å². The van der Waals surface area contributed by atoms with Gasteiger partial charge in [-0.2, -0.15) is 0 Å². The predicted octanol–water partition coefficient (Wildman–Crippen LogP) is 15.3. The first kappa shape index (κ1) is 79.4. The van der Waals surface area contributed by atoms with E-state index in [1.807, 2.05) is 161 Å². The second-order valence-electron chi connectivity index (χ2n) is 22.0. The summed E-state index contributed by atoms with van der Waals surface area (Å²) in [5.74, 6) is 3.98. The number of piperidine rings is 1. The first-order valence-corrected chi connectivity index (χ1v) is 33.2. The Kier molecular flexibility index (Phi) is 37.3. The van der Waals surface area contributed by atoms with Crippen LogP contribution in [0.15, 0.2) is 181 Å². The predicted molar refractivity (Wildman–Crippen MR) is 384 cm³/mol. The van der Waals surface area contributed by atoms with E-state index in [1.54, 1.807) is 42.5 Å². The zero-order valence-electron chi connectivity index (χ0n) is 57.0. The van der Waals surface area contributed by atoms with Gasteiger partial charge in [0.05, 0.1) is 72.5 Å². The van der Waals surface area contributed by atoms with Gasteiger partial charge in [-0.25, -0.2) is 9.59 Å². The molecule has 1 saturated heterocycles. The summed E-state index contributed by atoms with van der Waals surface area (Å²) in [4.78, 5) is 41.7. The van der Waals surface area contributed by atoms with Crippen LogP contribution in [0.1, 0.15) is 115 Å². The molecule has 6 aromatic carbocycles.